The molecule has 0 N–H and O–H groups in total. The van der Waals surface area contributed by atoms with Crippen LogP contribution >= 0.6 is 7.82 Å². The molecule has 0 aliphatic rings. The molecular weight excluding hydrogens is 473 g/mol. The van der Waals surface area contributed by atoms with E-state index in [1.165, 1.54) is 0 Å². The molecule has 0 amide bonds. The van der Waals surface area contributed by atoms with Crippen molar-refractivity contribution in [2.75, 3.05) is 73.9 Å². The van der Waals surface area contributed by atoms with Crippen molar-refractivity contribution in [2.24, 2.45) is 0 Å². The van der Waals surface area contributed by atoms with Crippen LogP contribution in [0.4, 0.5) is 0 Å². The quantitative estimate of drug-likeness (QED) is 0.0773. The lowest BCUT2D eigenvalue weighted by molar-refractivity contribution is -0.870. The first-order valence-corrected chi connectivity index (χ1v) is 12.7. The number of likely N-dealkylation sites (N-methyl/N-ethyl adjacent to an activating group) is 1. The normalized spacial score (nSPS) is 14.6. The van der Waals surface area contributed by atoms with Gasteiger partial charge in [-0.1, -0.05) is 6.58 Å². The fourth-order valence-corrected chi connectivity index (χ4v) is 3.37. The molecule has 0 radical (unpaired) electrons. The van der Waals surface area contributed by atoms with Crippen LogP contribution in [0.1, 0.15) is 34.6 Å². The zero-order valence-corrected chi connectivity index (χ0v) is 22.6. The van der Waals surface area contributed by atoms with Crippen molar-refractivity contribution < 1.29 is 56.2 Å². The Bertz CT molecular complexity index is 654. The number of quaternary nitrogens is 1. The van der Waals surface area contributed by atoms with Gasteiger partial charge < -0.3 is 42.3 Å². The molecule has 34 heavy (non-hydrogen) atoms. The molecule has 0 fully saturated rings. The van der Waals surface area contributed by atoms with Crippen molar-refractivity contribution in [1.29, 1.82) is 0 Å². The maximum atomic E-state index is 12.8. The number of rotatable bonds is 20. The third-order valence-electron chi connectivity index (χ3n) is 3.95. The van der Waals surface area contributed by atoms with Gasteiger partial charge >= 0.3 is 17.9 Å². The van der Waals surface area contributed by atoms with E-state index >= 15 is 0 Å². The molecule has 13 heteroatoms. The van der Waals surface area contributed by atoms with Crippen LogP contribution in [-0.4, -0.2) is 96.3 Å². The molecule has 0 rings (SSSR count). The van der Waals surface area contributed by atoms with Gasteiger partial charge in [-0.05, 0) is 34.6 Å². The first-order chi connectivity index (χ1) is 15.8. The zero-order chi connectivity index (χ0) is 26.5. The van der Waals surface area contributed by atoms with Gasteiger partial charge in [-0.25, -0.2) is 4.79 Å². The van der Waals surface area contributed by atoms with E-state index in [4.69, 9.17) is 37.5 Å². The second kappa shape index (κ2) is 15.2. The van der Waals surface area contributed by atoms with Crippen LogP contribution in [0.25, 0.3) is 0 Å². The monoisotopic (exact) mass is 515 g/mol. The molecule has 0 aliphatic carbocycles. The maximum absolute atomic E-state index is 12.8. The summed E-state index contributed by atoms with van der Waals surface area (Å²) >= 11 is 0. The summed E-state index contributed by atoms with van der Waals surface area (Å²) in [5.74, 6) is -6.26. The fourth-order valence-electron chi connectivity index (χ4n) is 2.51. The lowest BCUT2D eigenvalue weighted by atomic mass is 10.3. The molecular formula is C21H42NO11P. The molecule has 0 spiro atoms. The zero-order valence-electron chi connectivity index (χ0n) is 21.7. The number of phosphoric ester groups is 1. The summed E-state index contributed by atoms with van der Waals surface area (Å²) in [4.78, 5) is 25.6. The number of esters is 1. The number of phosphoric acid groups is 1. The Kier molecular flexibility index (Phi) is 14.8. The summed E-state index contributed by atoms with van der Waals surface area (Å²) in [6, 6.07) is 0. The number of hydrogen-bond donors (Lipinski definition) is 0. The molecule has 0 aromatic heterocycles. The molecule has 1 unspecified atom stereocenters. The van der Waals surface area contributed by atoms with Crippen LogP contribution in [-0.2, 0) is 46.8 Å². The fraction of sp³-hybridized carbons (Fsp3) is 0.857. The van der Waals surface area contributed by atoms with Crippen molar-refractivity contribution in [2.45, 2.75) is 46.6 Å². The highest BCUT2D eigenvalue weighted by atomic mass is 31.2. The van der Waals surface area contributed by atoms with Gasteiger partial charge in [0.1, 0.15) is 13.2 Å². The van der Waals surface area contributed by atoms with Gasteiger partial charge in [0.2, 0.25) is 0 Å². The maximum Gasteiger partial charge on any atom is 0.417 e. The first kappa shape index (κ1) is 33.1. The number of carbonyl (C=O) groups is 1. The SMILES string of the molecule is C=C(COCC)C(=O)OC(OCC)(OCC)C(OCC)(OCC)OP(=O)([O-])OCC[N+](C)(C)C. The van der Waals surface area contributed by atoms with E-state index < -0.39 is 25.7 Å². The second-order valence-electron chi connectivity index (χ2n) is 7.86. The van der Waals surface area contributed by atoms with E-state index in [0.29, 0.717) is 17.6 Å². The Morgan fingerprint density at radius 2 is 1.35 bits per heavy atom. The standard InChI is InChI=1S/C21H42NO11P/c1-10-26-17-18(6)19(23)32-20(27-11-2,28-12-3)21(29-13-4,30-14-5)33-34(24,25)31-16-15-22(7,8)9/h6,10-17H2,1-5,7-9H3. The van der Waals surface area contributed by atoms with Gasteiger partial charge in [-0.2, -0.15) is 0 Å². The van der Waals surface area contributed by atoms with Gasteiger partial charge in [0, 0.05) is 6.61 Å². The van der Waals surface area contributed by atoms with E-state index in [1.807, 2.05) is 21.1 Å². The highest BCUT2D eigenvalue weighted by molar-refractivity contribution is 7.45. The van der Waals surface area contributed by atoms with Gasteiger partial charge in [-0.3, -0.25) is 9.09 Å². The summed E-state index contributed by atoms with van der Waals surface area (Å²) in [7, 11) is 0.512. The van der Waals surface area contributed by atoms with E-state index in [2.05, 4.69) is 6.58 Å². The second-order valence-corrected chi connectivity index (χ2v) is 9.20. The summed E-state index contributed by atoms with van der Waals surface area (Å²) < 4.78 is 56.7. The van der Waals surface area contributed by atoms with E-state index in [1.54, 1.807) is 34.6 Å². The summed E-state index contributed by atoms with van der Waals surface area (Å²) in [5, 5.41) is 0. The number of nitrogens with zero attached hydrogens (tertiary/aromatic N) is 1. The minimum Gasteiger partial charge on any atom is -0.756 e. The molecule has 0 heterocycles. The molecule has 0 saturated carbocycles. The van der Waals surface area contributed by atoms with Crippen molar-refractivity contribution in [1.82, 2.24) is 0 Å². The molecule has 0 saturated heterocycles. The van der Waals surface area contributed by atoms with Gasteiger partial charge in [0.15, 0.2) is 0 Å². The topological polar surface area (TPSA) is 131 Å². The molecule has 0 aromatic carbocycles. The van der Waals surface area contributed by atoms with Crippen LogP contribution in [0, 0.1) is 0 Å². The molecule has 0 bridgehead atoms. The molecule has 0 aliphatic heterocycles. The largest absolute Gasteiger partial charge is 0.756 e. The number of hydrogen-bond acceptors (Lipinski definition) is 11. The van der Waals surface area contributed by atoms with Crippen LogP contribution in [0.15, 0.2) is 12.2 Å². The summed E-state index contributed by atoms with van der Waals surface area (Å²) in [6.07, 6.45) is 0. The van der Waals surface area contributed by atoms with Crippen molar-refractivity contribution in [3.8, 4) is 0 Å². The molecule has 202 valence electrons. The van der Waals surface area contributed by atoms with E-state index in [9.17, 15) is 14.3 Å². The summed E-state index contributed by atoms with van der Waals surface area (Å²) in [6.45, 7) is 11.6. The van der Waals surface area contributed by atoms with E-state index in [0.717, 1.165) is 0 Å². The third kappa shape index (κ3) is 10.8. The van der Waals surface area contributed by atoms with Crippen molar-refractivity contribution in [3.63, 3.8) is 0 Å². The summed E-state index contributed by atoms with van der Waals surface area (Å²) in [5.41, 5.74) is -0.0722. The lowest BCUT2D eigenvalue weighted by Crippen LogP contribution is -2.65. The van der Waals surface area contributed by atoms with Crippen LogP contribution in [0.2, 0.25) is 0 Å². The first-order valence-electron chi connectivity index (χ1n) is 11.3. The number of ether oxygens (including phenoxy) is 6. The Labute approximate surface area is 203 Å². The Balaban J connectivity index is 6.34. The average Bonchev–Trinajstić information content (AvgIpc) is 2.70. The Morgan fingerprint density at radius 3 is 1.76 bits per heavy atom. The minimum atomic E-state index is -5.10. The average molecular weight is 516 g/mol. The number of carbonyl (C=O) groups excluding carboxylic acids is 1. The molecule has 0 aromatic rings. The van der Waals surface area contributed by atoms with E-state index in [-0.39, 0.29) is 45.2 Å². The lowest BCUT2D eigenvalue weighted by Gasteiger charge is -2.46. The highest BCUT2D eigenvalue weighted by Crippen LogP contribution is 2.49. The predicted octanol–water partition coefficient (Wildman–Crippen LogP) is 1.78. The minimum absolute atomic E-state index is 0.0722. The Morgan fingerprint density at radius 1 is 0.882 bits per heavy atom. The smallest absolute Gasteiger partial charge is 0.417 e. The van der Waals surface area contributed by atoms with Crippen LogP contribution in [0.3, 0.4) is 0 Å². The van der Waals surface area contributed by atoms with Gasteiger partial charge in [0.05, 0.1) is 59.8 Å². The van der Waals surface area contributed by atoms with Crippen molar-refractivity contribution in [3.05, 3.63) is 12.2 Å². The third-order valence-corrected chi connectivity index (χ3v) is 4.91. The molecule has 12 nitrogen and oxygen atoms in total. The predicted molar refractivity (Wildman–Crippen MR) is 121 cm³/mol. The van der Waals surface area contributed by atoms with Gasteiger partial charge in [0.25, 0.3) is 7.82 Å². The van der Waals surface area contributed by atoms with Crippen LogP contribution in [0.5, 0.6) is 0 Å². The highest BCUT2D eigenvalue weighted by Gasteiger charge is 2.65. The Hall–Kier alpha value is -0.920. The van der Waals surface area contributed by atoms with Gasteiger partial charge in [-0.15, -0.1) is 0 Å². The van der Waals surface area contributed by atoms with Crippen LogP contribution < -0.4 is 4.89 Å². The van der Waals surface area contributed by atoms with Crippen molar-refractivity contribution >= 4 is 13.8 Å². The molecule has 1 atom stereocenters.